The van der Waals surface area contributed by atoms with E-state index >= 15 is 0 Å². The molecule has 426 valence electrons. The molecule has 3 unspecified atom stereocenters. The number of methoxy groups -OCH3 is 5. The Hall–Kier alpha value is -8.02. The van der Waals surface area contributed by atoms with Crippen LogP contribution < -0.4 is 24.6 Å². The largest absolute Gasteiger partial charge is 0.497 e. The molecule has 1 N–H and O–H groups in total. The molecule has 0 radical (unpaired) electrons. The van der Waals surface area contributed by atoms with Gasteiger partial charge in [0.1, 0.15) is 29.0 Å². The monoisotopic (exact) mass is 1090 g/mol. The van der Waals surface area contributed by atoms with Gasteiger partial charge in [-0.1, -0.05) is 54.1 Å². The number of nitrogens with zero attached hydrogens (tertiary/aromatic N) is 17. The van der Waals surface area contributed by atoms with Crippen LogP contribution in [0.4, 0.5) is 34.5 Å². The van der Waals surface area contributed by atoms with E-state index in [-0.39, 0.29) is 18.1 Å². The van der Waals surface area contributed by atoms with E-state index in [1.807, 2.05) is 104 Å². The first-order chi connectivity index (χ1) is 38.4. The van der Waals surface area contributed by atoms with E-state index in [1.165, 1.54) is 16.7 Å². The molecule has 9 aromatic rings. The molecule has 0 aliphatic rings. The summed E-state index contributed by atoms with van der Waals surface area (Å²) >= 11 is 0. The SMILES string of the molecule is CCC(COC)n1nnc2c(N(C)c3c(C)cc(C)cc3C)nc(C)nc21.CCC(COC)n1nnc2c(N(C)c3ccc(OC)cc3C)nc(C)nc21.CCC(COC)n1nnc2c(Nc3ccc(OC)cc3C)nc(C)nc21. The molecule has 0 aliphatic heterocycles. The highest BCUT2D eigenvalue weighted by molar-refractivity contribution is 5.88. The molecular weight excluding hydrogens is 1020 g/mol. The van der Waals surface area contributed by atoms with Gasteiger partial charge in [0.05, 0.1) is 52.2 Å². The number of aryl methyl sites for hydroxylation is 8. The Kier molecular flexibility index (Phi) is 19.9. The van der Waals surface area contributed by atoms with Gasteiger partial charge >= 0.3 is 0 Å². The molecule has 0 bridgehead atoms. The van der Waals surface area contributed by atoms with Crippen molar-refractivity contribution in [3.8, 4) is 11.5 Å². The first kappa shape index (κ1) is 59.6. The fourth-order valence-corrected chi connectivity index (χ4v) is 9.82. The lowest BCUT2D eigenvalue weighted by Gasteiger charge is -2.23. The van der Waals surface area contributed by atoms with Crippen molar-refractivity contribution in [2.24, 2.45) is 0 Å². The summed E-state index contributed by atoms with van der Waals surface area (Å²) in [6.45, 7) is 24.0. The third-order valence-corrected chi connectivity index (χ3v) is 13.9. The van der Waals surface area contributed by atoms with Crippen LogP contribution in [-0.2, 0) is 14.2 Å². The van der Waals surface area contributed by atoms with Crippen LogP contribution in [0, 0.1) is 55.4 Å². The third-order valence-electron chi connectivity index (χ3n) is 13.9. The van der Waals surface area contributed by atoms with E-state index in [0.29, 0.717) is 65.3 Å². The lowest BCUT2D eigenvalue weighted by atomic mass is 10.0. The van der Waals surface area contributed by atoms with Crippen LogP contribution in [0.3, 0.4) is 0 Å². The molecule has 0 saturated carbocycles. The summed E-state index contributed by atoms with van der Waals surface area (Å²) in [5.74, 6) is 5.80. The minimum absolute atomic E-state index is 0.0786. The van der Waals surface area contributed by atoms with Gasteiger partial charge < -0.3 is 38.8 Å². The van der Waals surface area contributed by atoms with Crippen molar-refractivity contribution in [2.45, 2.75) is 114 Å². The van der Waals surface area contributed by atoms with Gasteiger partial charge in [0, 0.05) is 52.5 Å². The van der Waals surface area contributed by atoms with Gasteiger partial charge in [0.25, 0.3) is 0 Å². The second-order valence-electron chi connectivity index (χ2n) is 19.8. The smallest absolute Gasteiger partial charge is 0.184 e. The number of benzene rings is 3. The van der Waals surface area contributed by atoms with Gasteiger partial charge in [-0.05, 0) is 133 Å². The predicted molar refractivity (Wildman–Crippen MR) is 313 cm³/mol. The molecule has 23 heteroatoms. The summed E-state index contributed by atoms with van der Waals surface area (Å²) in [7, 11) is 12.4. The van der Waals surface area contributed by atoms with Crippen LogP contribution in [0.1, 0.15) is 103 Å². The number of ether oxygens (including phenoxy) is 5. The van der Waals surface area contributed by atoms with E-state index in [0.717, 1.165) is 81.9 Å². The number of anilines is 6. The fraction of sp³-hybridized carbons (Fsp3) is 0.474. The Morgan fingerprint density at radius 1 is 0.475 bits per heavy atom. The van der Waals surface area contributed by atoms with E-state index in [2.05, 4.69) is 120 Å². The molecule has 3 atom stereocenters. The molecule has 0 amide bonds. The van der Waals surface area contributed by atoms with Gasteiger partial charge in [-0.25, -0.2) is 43.9 Å². The molecule has 23 nitrogen and oxygen atoms in total. The standard InChI is InChI=1S/C20H28N6O.C19H26N6O2.C18H24N6O2/c1-8-16(11-27-7)26-20-17(23-24-26)19(21-15(5)22-20)25(6)18-13(3)9-12(2)10-14(18)4;1-7-14(11-26-5)25-19-17(22-23-25)18(20-13(3)21-19)24(4)16-9-8-15(27-6)10-12(16)2;1-6-13(10-25-4)24-18-16(22-23-24)17(19-12(3)20-18)21-15-8-7-14(26-5)9-11(15)2/h9-10,16H,8,11H2,1-7H3;8-10,14H,7,11H2,1-6H3;7-9,13H,6,10H2,1-5H3,(H,19,20,21). The molecule has 80 heavy (non-hydrogen) atoms. The maximum absolute atomic E-state index is 5.35. The maximum atomic E-state index is 5.35. The van der Waals surface area contributed by atoms with E-state index < -0.39 is 0 Å². The summed E-state index contributed by atoms with van der Waals surface area (Å²) in [6.07, 6.45) is 2.63. The summed E-state index contributed by atoms with van der Waals surface area (Å²) in [4.78, 5) is 31.7. The molecule has 3 aromatic carbocycles. The van der Waals surface area contributed by atoms with E-state index in [4.69, 9.17) is 28.7 Å². The first-order valence-corrected chi connectivity index (χ1v) is 26.8. The summed E-state index contributed by atoms with van der Waals surface area (Å²) in [6, 6.07) is 16.4. The van der Waals surface area contributed by atoms with Crippen LogP contribution in [0.15, 0.2) is 48.5 Å². The Bertz CT molecular complexity index is 3520. The fourth-order valence-electron chi connectivity index (χ4n) is 9.82. The van der Waals surface area contributed by atoms with Crippen molar-refractivity contribution in [3.05, 3.63) is 93.8 Å². The van der Waals surface area contributed by atoms with Gasteiger partial charge in [-0.3, -0.25) is 0 Å². The lowest BCUT2D eigenvalue weighted by molar-refractivity contribution is 0.148. The average Bonchev–Trinajstić information content (AvgIpc) is 4.18. The number of hydrogen-bond donors (Lipinski definition) is 1. The number of hydrogen-bond acceptors (Lipinski definition) is 20. The summed E-state index contributed by atoms with van der Waals surface area (Å²) in [5, 5.41) is 29.5. The minimum Gasteiger partial charge on any atom is -0.497 e. The highest BCUT2D eigenvalue weighted by Gasteiger charge is 2.25. The molecule has 0 spiro atoms. The van der Waals surface area contributed by atoms with Crippen molar-refractivity contribution in [1.82, 2.24) is 74.9 Å². The quantitative estimate of drug-likeness (QED) is 0.0747. The zero-order valence-electron chi connectivity index (χ0n) is 49.7. The number of rotatable bonds is 20. The van der Waals surface area contributed by atoms with E-state index in [9.17, 15) is 0 Å². The second-order valence-corrected chi connectivity index (χ2v) is 19.8. The topological polar surface area (TPSA) is 234 Å². The van der Waals surface area contributed by atoms with Crippen LogP contribution in [0.25, 0.3) is 33.5 Å². The molecule has 9 rings (SSSR count). The average molecular weight is 1100 g/mol. The minimum atomic E-state index is 0.0786. The van der Waals surface area contributed by atoms with Gasteiger partial charge in [0.15, 0.2) is 50.9 Å². The van der Waals surface area contributed by atoms with Gasteiger partial charge in [-0.2, -0.15) is 0 Å². The van der Waals surface area contributed by atoms with Crippen molar-refractivity contribution in [3.63, 3.8) is 0 Å². The maximum Gasteiger partial charge on any atom is 0.184 e. The predicted octanol–water partition coefficient (Wildman–Crippen LogP) is 10.2. The van der Waals surface area contributed by atoms with Crippen molar-refractivity contribution in [2.75, 3.05) is 84.6 Å². The highest BCUT2D eigenvalue weighted by Crippen LogP contribution is 2.35. The van der Waals surface area contributed by atoms with Crippen LogP contribution in [0.5, 0.6) is 11.5 Å². The van der Waals surface area contributed by atoms with Crippen molar-refractivity contribution < 1.29 is 23.7 Å². The first-order valence-electron chi connectivity index (χ1n) is 26.8. The lowest BCUT2D eigenvalue weighted by Crippen LogP contribution is -2.17. The van der Waals surface area contributed by atoms with Crippen molar-refractivity contribution >= 4 is 68.0 Å². The molecule has 0 aliphatic carbocycles. The van der Waals surface area contributed by atoms with E-state index in [1.54, 1.807) is 35.5 Å². The number of aromatic nitrogens is 15. The van der Waals surface area contributed by atoms with Gasteiger partial charge in [0.2, 0.25) is 0 Å². The van der Waals surface area contributed by atoms with Gasteiger partial charge in [-0.15, -0.1) is 15.3 Å². The second kappa shape index (κ2) is 26.8. The number of fused-ring (bicyclic) bond motifs is 3. The Balaban J connectivity index is 0.000000173. The third kappa shape index (κ3) is 13.0. The molecule has 0 saturated heterocycles. The highest BCUT2D eigenvalue weighted by atomic mass is 16.5. The Labute approximate surface area is 468 Å². The summed E-state index contributed by atoms with van der Waals surface area (Å²) < 4.78 is 32.1. The van der Waals surface area contributed by atoms with Crippen LogP contribution in [-0.4, -0.2) is 144 Å². The Morgan fingerprint density at radius 2 is 0.887 bits per heavy atom. The zero-order valence-corrected chi connectivity index (χ0v) is 49.7. The zero-order chi connectivity index (χ0) is 57.9. The Morgan fingerprint density at radius 3 is 1.31 bits per heavy atom. The molecule has 0 fully saturated rings. The normalized spacial score (nSPS) is 12.4. The van der Waals surface area contributed by atoms with Crippen LogP contribution >= 0.6 is 0 Å². The number of nitrogens with one attached hydrogen (secondary N) is 1. The molecular formula is C57H78N18O5. The molecule has 6 aromatic heterocycles. The van der Waals surface area contributed by atoms with Crippen molar-refractivity contribution in [1.29, 1.82) is 0 Å². The van der Waals surface area contributed by atoms with Crippen LogP contribution in [0.2, 0.25) is 0 Å². The summed E-state index contributed by atoms with van der Waals surface area (Å²) in [5.41, 5.74) is 13.1. The molecule has 6 heterocycles.